The van der Waals surface area contributed by atoms with Gasteiger partial charge in [-0.25, -0.2) is 0 Å². The minimum absolute atomic E-state index is 0.196. The van der Waals surface area contributed by atoms with E-state index in [9.17, 15) is 0 Å². The van der Waals surface area contributed by atoms with Crippen molar-refractivity contribution < 1.29 is 4.74 Å². The second-order valence-electron chi connectivity index (χ2n) is 6.93. The van der Waals surface area contributed by atoms with E-state index in [-0.39, 0.29) is 11.6 Å². The summed E-state index contributed by atoms with van der Waals surface area (Å²) in [5.74, 6) is 0.949. The van der Waals surface area contributed by atoms with Gasteiger partial charge in [-0.3, -0.25) is 0 Å². The molecule has 3 heteroatoms. The summed E-state index contributed by atoms with van der Waals surface area (Å²) in [5.41, 5.74) is 1.48. The van der Waals surface area contributed by atoms with Gasteiger partial charge in [0.2, 0.25) is 0 Å². The Morgan fingerprint density at radius 2 is 1.95 bits per heavy atom. The van der Waals surface area contributed by atoms with Gasteiger partial charge in [-0.1, -0.05) is 0 Å². The number of rotatable bonds is 6. The fourth-order valence-electron chi connectivity index (χ4n) is 2.43. The van der Waals surface area contributed by atoms with Crippen molar-refractivity contribution in [3.05, 3.63) is 30.5 Å². The first-order valence-corrected chi connectivity index (χ1v) is 7.86. The zero-order valence-electron chi connectivity index (χ0n) is 13.9. The van der Waals surface area contributed by atoms with Crippen LogP contribution in [0.1, 0.15) is 41.0 Å². The van der Waals surface area contributed by atoms with Gasteiger partial charge in [0.25, 0.3) is 0 Å². The molecule has 2 aromatic rings. The number of fused-ring (bicyclic) bond motifs is 1. The molecule has 0 bridgehead atoms. The predicted molar refractivity (Wildman–Crippen MR) is 90.1 cm³/mol. The Kier molecular flexibility index (Phi) is 4.94. The van der Waals surface area contributed by atoms with E-state index >= 15 is 0 Å². The Morgan fingerprint density at radius 3 is 2.62 bits per heavy atom. The van der Waals surface area contributed by atoms with E-state index in [1.54, 1.807) is 0 Å². The number of nitrogens with zero attached hydrogens (tertiary/aromatic N) is 1. The third-order valence-electron chi connectivity index (χ3n) is 3.35. The molecule has 0 saturated carbocycles. The molecule has 0 aliphatic carbocycles. The van der Waals surface area contributed by atoms with Gasteiger partial charge in [0.15, 0.2) is 0 Å². The SMILES string of the molecule is CC(C)Oc1ccc2c(ccn2CCCNC(C)(C)C)c1. The number of benzene rings is 1. The Labute approximate surface area is 128 Å². The van der Waals surface area contributed by atoms with Crippen LogP contribution in [0.4, 0.5) is 0 Å². The largest absolute Gasteiger partial charge is 0.491 e. The first kappa shape index (κ1) is 15.9. The lowest BCUT2D eigenvalue weighted by atomic mass is 10.1. The number of aryl methyl sites for hydroxylation is 1. The van der Waals surface area contributed by atoms with Crippen LogP contribution in [0.5, 0.6) is 5.75 Å². The van der Waals surface area contributed by atoms with Crippen molar-refractivity contribution in [2.24, 2.45) is 0 Å². The van der Waals surface area contributed by atoms with Gasteiger partial charge in [-0.15, -0.1) is 0 Å². The molecule has 1 heterocycles. The number of aromatic nitrogens is 1. The third kappa shape index (κ3) is 4.78. The molecule has 0 amide bonds. The summed E-state index contributed by atoms with van der Waals surface area (Å²) >= 11 is 0. The maximum Gasteiger partial charge on any atom is 0.120 e. The summed E-state index contributed by atoms with van der Waals surface area (Å²) < 4.78 is 8.07. The highest BCUT2D eigenvalue weighted by molar-refractivity contribution is 5.81. The van der Waals surface area contributed by atoms with E-state index in [2.05, 4.69) is 75.0 Å². The van der Waals surface area contributed by atoms with Crippen LogP contribution in [-0.4, -0.2) is 22.8 Å². The van der Waals surface area contributed by atoms with Crippen molar-refractivity contribution in [2.45, 2.75) is 59.2 Å². The van der Waals surface area contributed by atoms with Crippen LogP contribution in [0.25, 0.3) is 10.9 Å². The fraction of sp³-hybridized carbons (Fsp3) is 0.556. The van der Waals surface area contributed by atoms with Crippen LogP contribution in [0.15, 0.2) is 30.5 Å². The highest BCUT2D eigenvalue weighted by atomic mass is 16.5. The number of nitrogens with one attached hydrogen (secondary N) is 1. The summed E-state index contributed by atoms with van der Waals surface area (Å²) in [6, 6.07) is 8.51. The molecule has 2 rings (SSSR count). The van der Waals surface area contributed by atoms with Crippen LogP contribution < -0.4 is 10.1 Å². The molecule has 116 valence electrons. The minimum Gasteiger partial charge on any atom is -0.491 e. The fourth-order valence-corrected chi connectivity index (χ4v) is 2.43. The molecule has 0 aliphatic rings. The number of ether oxygens (including phenoxy) is 1. The summed E-state index contributed by atoms with van der Waals surface area (Å²) in [4.78, 5) is 0. The van der Waals surface area contributed by atoms with Gasteiger partial charge in [0.05, 0.1) is 6.10 Å². The summed E-state index contributed by atoms with van der Waals surface area (Å²) in [6.45, 7) is 12.8. The first-order valence-electron chi connectivity index (χ1n) is 7.86. The monoisotopic (exact) mass is 288 g/mol. The van der Waals surface area contributed by atoms with Crippen molar-refractivity contribution in [1.29, 1.82) is 0 Å². The third-order valence-corrected chi connectivity index (χ3v) is 3.35. The van der Waals surface area contributed by atoms with E-state index in [1.165, 1.54) is 10.9 Å². The van der Waals surface area contributed by atoms with Crippen molar-refractivity contribution in [3.63, 3.8) is 0 Å². The Bertz CT molecular complexity index is 578. The Morgan fingerprint density at radius 1 is 1.19 bits per heavy atom. The van der Waals surface area contributed by atoms with E-state index in [0.717, 1.165) is 25.3 Å². The lowest BCUT2D eigenvalue weighted by molar-refractivity contribution is 0.243. The van der Waals surface area contributed by atoms with Crippen LogP contribution in [-0.2, 0) is 6.54 Å². The van der Waals surface area contributed by atoms with Crippen molar-refractivity contribution >= 4 is 10.9 Å². The maximum absolute atomic E-state index is 5.75. The van der Waals surface area contributed by atoms with Gasteiger partial charge in [0, 0.05) is 29.2 Å². The van der Waals surface area contributed by atoms with Gasteiger partial charge in [-0.05, 0) is 71.8 Å². The molecule has 0 spiro atoms. The van der Waals surface area contributed by atoms with Crippen molar-refractivity contribution in [3.8, 4) is 5.75 Å². The molecule has 0 radical (unpaired) electrons. The molecule has 1 N–H and O–H groups in total. The Balaban J connectivity index is 1.98. The normalized spacial score (nSPS) is 12.3. The van der Waals surface area contributed by atoms with Crippen molar-refractivity contribution in [1.82, 2.24) is 9.88 Å². The average molecular weight is 288 g/mol. The molecule has 0 unspecified atom stereocenters. The quantitative estimate of drug-likeness (QED) is 0.806. The summed E-state index contributed by atoms with van der Waals surface area (Å²) in [7, 11) is 0. The van der Waals surface area contributed by atoms with E-state index in [4.69, 9.17) is 4.74 Å². The van der Waals surface area contributed by atoms with Gasteiger partial charge in [0.1, 0.15) is 5.75 Å². The maximum atomic E-state index is 5.75. The molecular formula is C18H28N2O. The first-order chi connectivity index (χ1) is 9.85. The number of hydrogen-bond acceptors (Lipinski definition) is 2. The van der Waals surface area contributed by atoms with Crippen molar-refractivity contribution in [2.75, 3.05) is 6.54 Å². The molecule has 0 atom stereocenters. The topological polar surface area (TPSA) is 26.2 Å². The van der Waals surface area contributed by atoms with Crippen LogP contribution >= 0.6 is 0 Å². The molecule has 0 fully saturated rings. The molecule has 0 saturated heterocycles. The second-order valence-corrected chi connectivity index (χ2v) is 6.93. The van der Waals surface area contributed by atoms with Gasteiger partial charge in [-0.2, -0.15) is 0 Å². The molecular weight excluding hydrogens is 260 g/mol. The van der Waals surface area contributed by atoms with Crippen LogP contribution in [0.2, 0.25) is 0 Å². The summed E-state index contributed by atoms with van der Waals surface area (Å²) in [5, 5.41) is 4.78. The van der Waals surface area contributed by atoms with Gasteiger partial charge >= 0.3 is 0 Å². The smallest absolute Gasteiger partial charge is 0.120 e. The highest BCUT2D eigenvalue weighted by Crippen LogP contribution is 2.23. The molecule has 1 aromatic heterocycles. The summed E-state index contributed by atoms with van der Waals surface area (Å²) in [6.07, 6.45) is 3.51. The molecule has 21 heavy (non-hydrogen) atoms. The standard InChI is InChI=1S/C18H28N2O/c1-14(2)21-16-7-8-17-15(13-16)9-12-20(17)11-6-10-19-18(3,4)5/h7-9,12-14,19H,6,10-11H2,1-5H3. The predicted octanol–water partition coefficient (Wildman–Crippen LogP) is 4.21. The zero-order valence-corrected chi connectivity index (χ0v) is 13.9. The second kappa shape index (κ2) is 6.52. The lowest BCUT2D eigenvalue weighted by Gasteiger charge is -2.20. The van der Waals surface area contributed by atoms with E-state index in [0.29, 0.717) is 0 Å². The molecule has 0 aliphatic heterocycles. The van der Waals surface area contributed by atoms with Crippen LogP contribution in [0.3, 0.4) is 0 Å². The molecule has 1 aromatic carbocycles. The highest BCUT2D eigenvalue weighted by Gasteiger charge is 2.08. The molecule has 3 nitrogen and oxygen atoms in total. The zero-order chi connectivity index (χ0) is 15.5. The average Bonchev–Trinajstić information content (AvgIpc) is 2.75. The van der Waals surface area contributed by atoms with Crippen LogP contribution in [0, 0.1) is 0 Å². The van der Waals surface area contributed by atoms with Gasteiger partial charge < -0.3 is 14.6 Å². The van der Waals surface area contributed by atoms with E-state index < -0.39 is 0 Å². The van der Waals surface area contributed by atoms with E-state index in [1.807, 2.05) is 0 Å². The lowest BCUT2D eigenvalue weighted by Crippen LogP contribution is -2.36. The minimum atomic E-state index is 0.196. The number of hydrogen-bond donors (Lipinski definition) is 1. The Hall–Kier alpha value is -1.48.